The van der Waals surface area contributed by atoms with Gasteiger partial charge in [-0.1, -0.05) is 31.0 Å². The van der Waals surface area contributed by atoms with Gasteiger partial charge in [-0.15, -0.1) is 0 Å². The van der Waals surface area contributed by atoms with Crippen LogP contribution in [0.4, 0.5) is 5.69 Å². The van der Waals surface area contributed by atoms with E-state index < -0.39 is 0 Å². The Balaban J connectivity index is 2.21. The van der Waals surface area contributed by atoms with Gasteiger partial charge in [0.25, 0.3) is 0 Å². The predicted octanol–water partition coefficient (Wildman–Crippen LogP) is 3.56. The number of anilines is 1. The van der Waals surface area contributed by atoms with Crippen LogP contribution in [0, 0.1) is 6.92 Å². The summed E-state index contributed by atoms with van der Waals surface area (Å²) < 4.78 is 0. The maximum Gasteiger partial charge on any atom is 0.0770 e. The first kappa shape index (κ1) is 14.6. The van der Waals surface area contributed by atoms with Gasteiger partial charge in [0.1, 0.15) is 0 Å². The zero-order chi connectivity index (χ0) is 14.8. The van der Waals surface area contributed by atoms with Gasteiger partial charge in [-0.3, -0.25) is 4.98 Å². The van der Waals surface area contributed by atoms with E-state index in [9.17, 15) is 0 Å². The third kappa shape index (κ3) is 2.85. The zero-order valence-corrected chi connectivity index (χ0v) is 13.5. The molecule has 1 N–H and O–H groups in total. The van der Waals surface area contributed by atoms with E-state index in [2.05, 4.69) is 36.2 Å². The largest absolute Gasteiger partial charge is 0.368 e. The van der Waals surface area contributed by atoms with Crippen LogP contribution < -0.4 is 10.2 Å². The Kier molecular flexibility index (Phi) is 4.32. The molecule has 4 heteroatoms. The molecule has 0 spiro atoms. The van der Waals surface area contributed by atoms with E-state index in [-0.39, 0.29) is 0 Å². The summed E-state index contributed by atoms with van der Waals surface area (Å²) in [5, 5.41) is 5.32. The van der Waals surface area contributed by atoms with Crippen LogP contribution in [0.5, 0.6) is 0 Å². The normalized spacial score (nSPS) is 15.7. The van der Waals surface area contributed by atoms with E-state index in [1.807, 2.05) is 6.07 Å². The summed E-state index contributed by atoms with van der Waals surface area (Å²) in [6.45, 7) is 8.40. The highest BCUT2D eigenvalue weighted by Gasteiger charge is 2.17. The van der Waals surface area contributed by atoms with Gasteiger partial charge in [0.15, 0.2) is 0 Å². The van der Waals surface area contributed by atoms with Crippen molar-refractivity contribution in [3.05, 3.63) is 34.5 Å². The van der Waals surface area contributed by atoms with Crippen LogP contribution in [0.25, 0.3) is 10.9 Å². The summed E-state index contributed by atoms with van der Waals surface area (Å²) in [5.41, 5.74) is 4.67. The molecule has 3 rings (SSSR count). The molecule has 1 aromatic carbocycles. The van der Waals surface area contributed by atoms with Crippen molar-refractivity contribution in [2.45, 2.75) is 26.7 Å². The van der Waals surface area contributed by atoms with Crippen molar-refractivity contribution >= 4 is 28.2 Å². The van der Waals surface area contributed by atoms with Gasteiger partial charge in [0, 0.05) is 42.9 Å². The van der Waals surface area contributed by atoms with Crippen LogP contribution in [0.15, 0.2) is 18.2 Å². The molecule has 2 heterocycles. The second-order valence-electron chi connectivity index (χ2n) is 5.71. The average Bonchev–Trinajstić information content (AvgIpc) is 2.51. The van der Waals surface area contributed by atoms with Gasteiger partial charge < -0.3 is 10.2 Å². The van der Waals surface area contributed by atoms with Crippen molar-refractivity contribution < 1.29 is 0 Å². The van der Waals surface area contributed by atoms with E-state index in [4.69, 9.17) is 16.6 Å². The van der Waals surface area contributed by atoms with E-state index in [0.29, 0.717) is 0 Å². The molecule has 112 valence electrons. The number of piperazine rings is 1. The average molecular weight is 304 g/mol. The van der Waals surface area contributed by atoms with Gasteiger partial charge >= 0.3 is 0 Å². The summed E-state index contributed by atoms with van der Waals surface area (Å²) >= 11 is 6.50. The Labute approximate surface area is 131 Å². The number of fused-ring (bicyclic) bond motifs is 1. The van der Waals surface area contributed by atoms with Crippen LogP contribution >= 0.6 is 11.6 Å². The number of pyridine rings is 1. The summed E-state index contributed by atoms with van der Waals surface area (Å²) in [4.78, 5) is 7.29. The molecule has 1 saturated heterocycles. The molecule has 0 atom stereocenters. The highest BCUT2D eigenvalue weighted by Crippen LogP contribution is 2.34. The van der Waals surface area contributed by atoms with Crippen LogP contribution in [0.2, 0.25) is 5.02 Å². The van der Waals surface area contributed by atoms with Crippen molar-refractivity contribution in [2.75, 3.05) is 31.1 Å². The summed E-state index contributed by atoms with van der Waals surface area (Å²) in [7, 11) is 0. The molecule has 0 aliphatic carbocycles. The monoisotopic (exact) mass is 303 g/mol. The minimum absolute atomic E-state index is 0.805. The Morgan fingerprint density at radius 2 is 2.05 bits per heavy atom. The van der Waals surface area contributed by atoms with E-state index in [1.54, 1.807) is 0 Å². The number of hydrogen-bond acceptors (Lipinski definition) is 3. The first-order chi connectivity index (χ1) is 10.2. The fraction of sp³-hybridized carbons (Fsp3) is 0.471. The molecular weight excluding hydrogens is 282 g/mol. The molecule has 21 heavy (non-hydrogen) atoms. The smallest absolute Gasteiger partial charge is 0.0770 e. The second kappa shape index (κ2) is 6.20. The van der Waals surface area contributed by atoms with Crippen molar-refractivity contribution in [3.63, 3.8) is 0 Å². The van der Waals surface area contributed by atoms with Gasteiger partial charge in [0.2, 0.25) is 0 Å². The highest BCUT2D eigenvalue weighted by atomic mass is 35.5. The molecule has 0 amide bonds. The summed E-state index contributed by atoms with van der Waals surface area (Å²) in [6.07, 6.45) is 2.13. The Morgan fingerprint density at radius 3 is 2.76 bits per heavy atom. The van der Waals surface area contributed by atoms with E-state index in [1.165, 1.54) is 16.9 Å². The van der Waals surface area contributed by atoms with Gasteiger partial charge in [0.05, 0.1) is 10.5 Å². The van der Waals surface area contributed by atoms with Crippen molar-refractivity contribution in [2.24, 2.45) is 0 Å². The Bertz CT molecular complexity index is 648. The topological polar surface area (TPSA) is 28.2 Å². The Morgan fingerprint density at radius 1 is 1.29 bits per heavy atom. The molecular formula is C17H22ClN3. The quantitative estimate of drug-likeness (QED) is 0.940. The first-order valence-electron chi connectivity index (χ1n) is 7.75. The Hall–Kier alpha value is -1.32. The zero-order valence-electron chi connectivity index (χ0n) is 12.7. The van der Waals surface area contributed by atoms with Gasteiger partial charge in [-0.2, -0.15) is 0 Å². The number of aryl methyl sites for hydroxylation is 2. The minimum atomic E-state index is 0.805. The maximum atomic E-state index is 6.50. The van der Waals surface area contributed by atoms with Crippen molar-refractivity contribution in [1.29, 1.82) is 0 Å². The van der Waals surface area contributed by atoms with Crippen molar-refractivity contribution in [3.8, 4) is 0 Å². The number of aromatic nitrogens is 1. The summed E-state index contributed by atoms with van der Waals surface area (Å²) in [6, 6.07) is 6.30. The number of hydrogen-bond donors (Lipinski definition) is 1. The molecule has 0 bridgehead atoms. The highest BCUT2D eigenvalue weighted by molar-refractivity contribution is 6.36. The fourth-order valence-corrected chi connectivity index (χ4v) is 3.25. The van der Waals surface area contributed by atoms with Gasteiger partial charge in [-0.25, -0.2) is 0 Å². The molecule has 1 aliphatic rings. The molecule has 0 saturated carbocycles. The van der Waals surface area contributed by atoms with Crippen LogP contribution in [0.3, 0.4) is 0 Å². The number of nitrogens with one attached hydrogen (secondary N) is 1. The molecule has 3 nitrogen and oxygen atoms in total. The SMILES string of the molecule is CCCc1cc(N2CCNCC2)c2c(Cl)ccc(C)c2n1. The molecule has 0 radical (unpaired) electrons. The summed E-state index contributed by atoms with van der Waals surface area (Å²) in [5.74, 6) is 0. The third-order valence-corrected chi connectivity index (χ3v) is 4.42. The predicted molar refractivity (Wildman–Crippen MR) is 90.6 cm³/mol. The molecule has 1 fully saturated rings. The lowest BCUT2D eigenvalue weighted by molar-refractivity contribution is 0.590. The maximum absolute atomic E-state index is 6.50. The fourth-order valence-electron chi connectivity index (χ4n) is 3.00. The van der Waals surface area contributed by atoms with E-state index >= 15 is 0 Å². The molecule has 1 aromatic heterocycles. The van der Waals surface area contributed by atoms with Gasteiger partial charge in [-0.05, 0) is 31.0 Å². The first-order valence-corrected chi connectivity index (χ1v) is 8.13. The molecule has 2 aromatic rings. The molecule has 0 unspecified atom stereocenters. The lowest BCUT2D eigenvalue weighted by Gasteiger charge is -2.31. The number of nitrogens with zero attached hydrogens (tertiary/aromatic N) is 2. The standard InChI is InChI=1S/C17H22ClN3/c1-3-4-13-11-15(21-9-7-19-8-10-21)16-14(18)6-5-12(2)17(16)20-13/h5-6,11,19H,3-4,7-10H2,1-2H3. The lowest BCUT2D eigenvalue weighted by Crippen LogP contribution is -2.43. The number of benzene rings is 1. The van der Waals surface area contributed by atoms with E-state index in [0.717, 1.165) is 54.9 Å². The third-order valence-electron chi connectivity index (χ3n) is 4.11. The van der Waals surface area contributed by atoms with Crippen LogP contribution in [-0.2, 0) is 6.42 Å². The second-order valence-corrected chi connectivity index (χ2v) is 6.11. The van der Waals surface area contributed by atoms with Crippen LogP contribution in [-0.4, -0.2) is 31.2 Å². The number of halogens is 1. The van der Waals surface area contributed by atoms with Crippen molar-refractivity contribution in [1.82, 2.24) is 10.3 Å². The van der Waals surface area contributed by atoms with Crippen LogP contribution in [0.1, 0.15) is 24.6 Å². The minimum Gasteiger partial charge on any atom is -0.368 e. The molecule has 1 aliphatic heterocycles. The number of rotatable bonds is 3. The lowest BCUT2D eigenvalue weighted by atomic mass is 10.1.